The summed E-state index contributed by atoms with van der Waals surface area (Å²) < 4.78 is 5.20. The zero-order valence-corrected chi connectivity index (χ0v) is 11.4. The average Bonchev–Trinajstić information content (AvgIpc) is 2.73. The highest BCUT2D eigenvalue weighted by Gasteiger charge is 2.08. The largest absolute Gasteiger partial charge is 0.399 e. The number of thioether (sulfide) groups is 1. The van der Waals surface area contributed by atoms with Gasteiger partial charge in [0.05, 0.1) is 5.75 Å². The lowest BCUT2D eigenvalue weighted by molar-refractivity contribution is 0.382. The highest BCUT2D eigenvalue weighted by Crippen LogP contribution is 2.23. The van der Waals surface area contributed by atoms with Crippen LogP contribution in [0.25, 0.3) is 0 Å². The minimum Gasteiger partial charge on any atom is -0.399 e. The summed E-state index contributed by atoms with van der Waals surface area (Å²) >= 11 is 1.64. The molecule has 96 valence electrons. The lowest BCUT2D eigenvalue weighted by Gasteiger charge is -1.99. The van der Waals surface area contributed by atoms with Crippen molar-refractivity contribution in [2.45, 2.75) is 30.9 Å². The normalized spacial score (nSPS) is 11.1. The third-order valence-corrected chi connectivity index (χ3v) is 3.30. The Morgan fingerprint density at radius 1 is 1.39 bits per heavy atom. The summed E-state index contributed by atoms with van der Waals surface area (Å²) in [6.07, 6.45) is 0.854. The van der Waals surface area contributed by atoms with Crippen LogP contribution in [0.3, 0.4) is 0 Å². The molecular weight excluding hydrogens is 246 g/mol. The summed E-state index contributed by atoms with van der Waals surface area (Å²) in [5, 5.41) is 3.96. The first-order chi connectivity index (χ1) is 8.63. The van der Waals surface area contributed by atoms with Crippen LogP contribution < -0.4 is 5.73 Å². The molecule has 0 radical (unpaired) electrons. The van der Waals surface area contributed by atoms with Crippen LogP contribution in [0.2, 0.25) is 0 Å². The van der Waals surface area contributed by atoms with Crippen molar-refractivity contribution in [1.82, 2.24) is 10.1 Å². The number of aromatic nitrogens is 2. The fourth-order valence-corrected chi connectivity index (χ4v) is 2.35. The first kappa shape index (κ1) is 13.0. The molecule has 0 aliphatic carbocycles. The van der Waals surface area contributed by atoms with E-state index in [1.165, 1.54) is 0 Å². The molecular formula is C13H17N3OS. The van der Waals surface area contributed by atoms with Gasteiger partial charge in [0.2, 0.25) is 5.89 Å². The lowest BCUT2D eigenvalue weighted by Crippen LogP contribution is -1.96. The molecule has 2 N–H and O–H groups in total. The second kappa shape index (κ2) is 5.91. The topological polar surface area (TPSA) is 64.9 Å². The van der Waals surface area contributed by atoms with E-state index < -0.39 is 0 Å². The van der Waals surface area contributed by atoms with Gasteiger partial charge in [-0.05, 0) is 24.1 Å². The van der Waals surface area contributed by atoms with E-state index in [1.54, 1.807) is 11.8 Å². The van der Waals surface area contributed by atoms with Gasteiger partial charge in [-0.3, -0.25) is 0 Å². The van der Waals surface area contributed by atoms with E-state index in [4.69, 9.17) is 10.3 Å². The van der Waals surface area contributed by atoms with Gasteiger partial charge in [-0.1, -0.05) is 25.1 Å². The summed E-state index contributed by atoms with van der Waals surface area (Å²) in [4.78, 5) is 5.47. The van der Waals surface area contributed by atoms with E-state index in [9.17, 15) is 0 Å². The molecule has 1 heterocycles. The lowest BCUT2D eigenvalue weighted by atomic mass is 10.1. The Balaban J connectivity index is 1.92. The highest BCUT2D eigenvalue weighted by atomic mass is 32.2. The highest BCUT2D eigenvalue weighted by molar-refractivity contribution is 7.98. The van der Waals surface area contributed by atoms with E-state index >= 15 is 0 Å². The van der Waals surface area contributed by atoms with Crippen molar-refractivity contribution in [3.63, 3.8) is 0 Å². The SMILES string of the molecule is CC(C)Cc1noc(CSc2cccc(N)c2)n1. The smallest absolute Gasteiger partial charge is 0.237 e. The van der Waals surface area contributed by atoms with E-state index in [0.29, 0.717) is 17.6 Å². The molecule has 0 aliphatic rings. The molecule has 0 atom stereocenters. The number of nitrogens with two attached hydrogens (primary N) is 1. The Morgan fingerprint density at radius 3 is 2.94 bits per heavy atom. The molecule has 2 aromatic rings. The Labute approximate surface area is 111 Å². The molecule has 18 heavy (non-hydrogen) atoms. The van der Waals surface area contributed by atoms with Crippen molar-refractivity contribution in [3.05, 3.63) is 36.0 Å². The molecule has 0 unspecified atom stereocenters. The van der Waals surface area contributed by atoms with E-state index in [-0.39, 0.29) is 0 Å². The quantitative estimate of drug-likeness (QED) is 0.663. The van der Waals surface area contributed by atoms with Gasteiger partial charge in [-0.2, -0.15) is 4.98 Å². The maximum absolute atomic E-state index is 5.72. The number of benzene rings is 1. The number of nitrogen functional groups attached to an aromatic ring is 1. The molecule has 5 heteroatoms. The van der Waals surface area contributed by atoms with Gasteiger partial charge >= 0.3 is 0 Å². The fourth-order valence-electron chi connectivity index (χ4n) is 1.55. The molecule has 0 spiro atoms. The van der Waals surface area contributed by atoms with Gasteiger partial charge in [0, 0.05) is 17.0 Å². The van der Waals surface area contributed by atoms with Crippen molar-refractivity contribution < 1.29 is 4.52 Å². The summed E-state index contributed by atoms with van der Waals surface area (Å²) in [7, 11) is 0. The Kier molecular flexibility index (Phi) is 4.25. The first-order valence-corrected chi connectivity index (χ1v) is 6.92. The minimum absolute atomic E-state index is 0.539. The monoisotopic (exact) mass is 263 g/mol. The second-order valence-electron chi connectivity index (χ2n) is 4.56. The molecule has 4 nitrogen and oxygen atoms in total. The molecule has 0 saturated heterocycles. The van der Waals surface area contributed by atoms with E-state index in [1.807, 2.05) is 24.3 Å². The first-order valence-electron chi connectivity index (χ1n) is 5.93. The maximum atomic E-state index is 5.72. The van der Waals surface area contributed by atoms with Gasteiger partial charge in [0.1, 0.15) is 0 Å². The molecule has 0 aliphatic heterocycles. The molecule has 2 rings (SSSR count). The van der Waals surface area contributed by atoms with Crippen molar-refractivity contribution in [2.24, 2.45) is 5.92 Å². The molecule has 1 aromatic carbocycles. The van der Waals surface area contributed by atoms with Gasteiger partial charge in [-0.25, -0.2) is 0 Å². The average molecular weight is 263 g/mol. The van der Waals surface area contributed by atoms with Crippen LogP contribution in [0.5, 0.6) is 0 Å². The summed E-state index contributed by atoms with van der Waals surface area (Å²) in [6.45, 7) is 4.27. The third kappa shape index (κ3) is 3.77. The molecule has 0 amide bonds. The van der Waals surface area contributed by atoms with E-state index in [2.05, 4.69) is 24.0 Å². The summed E-state index contributed by atoms with van der Waals surface area (Å²) in [6, 6.07) is 7.77. The van der Waals surface area contributed by atoms with Crippen LogP contribution in [0, 0.1) is 5.92 Å². The molecule has 0 saturated carbocycles. The summed E-state index contributed by atoms with van der Waals surface area (Å²) in [5.74, 6) is 2.66. The maximum Gasteiger partial charge on any atom is 0.237 e. The summed E-state index contributed by atoms with van der Waals surface area (Å²) in [5.41, 5.74) is 6.49. The van der Waals surface area contributed by atoms with Crippen molar-refractivity contribution >= 4 is 17.4 Å². The number of hydrogen-bond donors (Lipinski definition) is 1. The number of anilines is 1. The van der Waals surface area contributed by atoms with Crippen molar-refractivity contribution in [3.8, 4) is 0 Å². The van der Waals surface area contributed by atoms with Crippen LogP contribution >= 0.6 is 11.8 Å². The standard InChI is InChI=1S/C13H17N3OS/c1-9(2)6-12-15-13(17-16-12)8-18-11-5-3-4-10(14)7-11/h3-5,7,9H,6,8,14H2,1-2H3. The Morgan fingerprint density at radius 2 is 2.22 bits per heavy atom. The molecule has 1 aromatic heterocycles. The zero-order chi connectivity index (χ0) is 13.0. The minimum atomic E-state index is 0.539. The van der Waals surface area contributed by atoms with Crippen LogP contribution in [0.4, 0.5) is 5.69 Å². The Hall–Kier alpha value is -1.49. The zero-order valence-electron chi connectivity index (χ0n) is 10.6. The van der Waals surface area contributed by atoms with Crippen LogP contribution in [-0.4, -0.2) is 10.1 Å². The fraction of sp³-hybridized carbons (Fsp3) is 0.385. The molecule has 0 fully saturated rings. The predicted octanol–water partition coefficient (Wildman–Crippen LogP) is 3.14. The second-order valence-corrected chi connectivity index (χ2v) is 5.61. The number of rotatable bonds is 5. The van der Waals surface area contributed by atoms with Crippen LogP contribution in [0.1, 0.15) is 25.6 Å². The van der Waals surface area contributed by atoms with Crippen molar-refractivity contribution in [1.29, 1.82) is 0 Å². The van der Waals surface area contributed by atoms with E-state index in [0.717, 1.165) is 22.8 Å². The van der Waals surface area contributed by atoms with Gasteiger partial charge in [0.25, 0.3) is 0 Å². The Bertz CT molecular complexity index is 510. The predicted molar refractivity (Wildman–Crippen MR) is 73.3 cm³/mol. The van der Waals surface area contributed by atoms with Crippen molar-refractivity contribution in [2.75, 3.05) is 5.73 Å². The van der Waals surface area contributed by atoms with Gasteiger partial charge in [0.15, 0.2) is 5.82 Å². The van der Waals surface area contributed by atoms with Gasteiger partial charge < -0.3 is 10.3 Å². The van der Waals surface area contributed by atoms with Crippen LogP contribution in [0.15, 0.2) is 33.7 Å². The molecule has 0 bridgehead atoms. The number of nitrogens with zero attached hydrogens (tertiary/aromatic N) is 2. The third-order valence-electron chi connectivity index (χ3n) is 2.32. The van der Waals surface area contributed by atoms with Crippen LogP contribution in [-0.2, 0) is 12.2 Å². The van der Waals surface area contributed by atoms with Gasteiger partial charge in [-0.15, -0.1) is 11.8 Å². The number of hydrogen-bond acceptors (Lipinski definition) is 5.